The van der Waals surface area contributed by atoms with Gasteiger partial charge in [-0.3, -0.25) is 4.79 Å². The van der Waals surface area contributed by atoms with Crippen LogP contribution in [-0.4, -0.2) is 5.78 Å². The van der Waals surface area contributed by atoms with Crippen molar-refractivity contribution in [3.05, 3.63) is 0 Å². The predicted molar refractivity (Wildman–Crippen MR) is 65.0 cm³/mol. The molecule has 3 aliphatic rings. The first-order valence-electron chi connectivity index (χ1n) is 6.92. The molecule has 0 heterocycles. The van der Waals surface area contributed by atoms with Crippen LogP contribution in [0.25, 0.3) is 0 Å². The summed E-state index contributed by atoms with van der Waals surface area (Å²) in [5, 5.41) is 0. The van der Waals surface area contributed by atoms with E-state index in [0.717, 1.165) is 12.3 Å². The van der Waals surface area contributed by atoms with E-state index in [-0.39, 0.29) is 0 Å². The quantitative estimate of drug-likeness (QED) is 0.608. The average Bonchev–Trinajstić information content (AvgIpc) is 2.70. The Balaban J connectivity index is 2.08. The first-order chi connectivity index (χ1) is 7.38. The van der Waals surface area contributed by atoms with Crippen molar-refractivity contribution in [2.45, 2.75) is 53.4 Å². The topological polar surface area (TPSA) is 17.1 Å². The van der Waals surface area contributed by atoms with Crippen molar-refractivity contribution in [2.24, 2.45) is 34.5 Å². The molecular weight excluding hydrogens is 196 g/mol. The van der Waals surface area contributed by atoms with Crippen molar-refractivity contribution in [2.75, 3.05) is 0 Å². The number of carbonyl (C=O) groups excluding carboxylic acids is 1. The van der Waals surface area contributed by atoms with Crippen LogP contribution in [0, 0.1) is 34.5 Å². The minimum absolute atomic E-state index is 0.353. The smallest absolute Gasteiger partial charge is 0.139 e. The maximum Gasteiger partial charge on any atom is 0.139 e. The fraction of sp³-hybridized carbons (Fsp3) is 0.933. The maximum absolute atomic E-state index is 12.4. The normalized spacial score (nSPS) is 54.1. The fourth-order valence-corrected chi connectivity index (χ4v) is 5.60. The zero-order chi connectivity index (χ0) is 11.7. The standard InChI is InChI=1S/C15H24O/c1-9-5-6-11-10(2)13(16)12-7-14(3,4)8-15(9,11)12/h9-12H,5-8H2,1-4H3/t9-,10?,11+,12+,15+/m0/s1. The number of Topliss-reactive ketones (excluding diaryl/α,β-unsaturated/α-hetero) is 1. The second-order valence-corrected chi connectivity index (χ2v) is 7.49. The molecule has 5 atom stereocenters. The van der Waals surface area contributed by atoms with Crippen LogP contribution in [0.3, 0.4) is 0 Å². The van der Waals surface area contributed by atoms with Gasteiger partial charge < -0.3 is 0 Å². The van der Waals surface area contributed by atoms with Crippen molar-refractivity contribution >= 4 is 5.78 Å². The summed E-state index contributed by atoms with van der Waals surface area (Å²) in [6.45, 7) is 9.32. The molecule has 1 unspecified atom stereocenters. The molecule has 0 aliphatic heterocycles. The number of rotatable bonds is 0. The number of hydrogen-bond donors (Lipinski definition) is 0. The molecule has 3 rings (SSSR count). The highest BCUT2D eigenvalue weighted by atomic mass is 16.1. The average molecular weight is 220 g/mol. The van der Waals surface area contributed by atoms with E-state index < -0.39 is 0 Å². The third-order valence-corrected chi connectivity index (χ3v) is 6.10. The minimum Gasteiger partial charge on any atom is -0.299 e. The van der Waals surface area contributed by atoms with Crippen molar-refractivity contribution in [3.63, 3.8) is 0 Å². The molecule has 0 N–H and O–H groups in total. The van der Waals surface area contributed by atoms with Crippen LogP contribution in [0.5, 0.6) is 0 Å². The van der Waals surface area contributed by atoms with Gasteiger partial charge in [-0.15, -0.1) is 0 Å². The van der Waals surface area contributed by atoms with Gasteiger partial charge in [-0.1, -0.05) is 27.7 Å². The third-order valence-electron chi connectivity index (χ3n) is 6.10. The van der Waals surface area contributed by atoms with Gasteiger partial charge in [0.25, 0.3) is 0 Å². The monoisotopic (exact) mass is 220 g/mol. The van der Waals surface area contributed by atoms with E-state index in [4.69, 9.17) is 0 Å². The Morgan fingerprint density at radius 1 is 1.19 bits per heavy atom. The van der Waals surface area contributed by atoms with E-state index in [0.29, 0.717) is 34.4 Å². The summed E-state index contributed by atoms with van der Waals surface area (Å²) in [4.78, 5) is 12.4. The highest BCUT2D eigenvalue weighted by Crippen LogP contribution is 2.70. The molecule has 3 aliphatic carbocycles. The SMILES string of the molecule is CC1C(=O)[C@H]2CC(C)(C)C[C@@]23[C@@H]1CC[C@@H]3C. The largest absolute Gasteiger partial charge is 0.299 e. The van der Waals surface area contributed by atoms with Crippen LogP contribution in [-0.2, 0) is 4.79 Å². The summed E-state index contributed by atoms with van der Waals surface area (Å²) in [5.41, 5.74) is 0.803. The lowest BCUT2D eigenvalue weighted by Crippen LogP contribution is -2.31. The zero-order valence-corrected chi connectivity index (χ0v) is 11.0. The minimum atomic E-state index is 0.353. The molecule has 0 aromatic heterocycles. The van der Waals surface area contributed by atoms with Gasteiger partial charge in [0.1, 0.15) is 5.78 Å². The van der Waals surface area contributed by atoms with E-state index in [2.05, 4.69) is 27.7 Å². The summed E-state index contributed by atoms with van der Waals surface area (Å²) in [7, 11) is 0. The van der Waals surface area contributed by atoms with Gasteiger partial charge in [0.05, 0.1) is 0 Å². The predicted octanol–water partition coefficient (Wildman–Crippen LogP) is 3.67. The van der Waals surface area contributed by atoms with Gasteiger partial charge in [-0.2, -0.15) is 0 Å². The lowest BCUT2D eigenvalue weighted by atomic mass is 9.68. The molecule has 3 saturated carbocycles. The molecule has 0 radical (unpaired) electrons. The first kappa shape index (κ1) is 10.8. The Hall–Kier alpha value is -0.330. The van der Waals surface area contributed by atoms with Crippen LogP contribution in [0.1, 0.15) is 53.4 Å². The van der Waals surface area contributed by atoms with Gasteiger partial charge in [0.15, 0.2) is 0 Å². The molecule has 0 amide bonds. The van der Waals surface area contributed by atoms with Gasteiger partial charge in [-0.25, -0.2) is 0 Å². The van der Waals surface area contributed by atoms with Crippen LogP contribution in [0.4, 0.5) is 0 Å². The molecule has 0 aromatic carbocycles. The highest BCUT2D eigenvalue weighted by Gasteiger charge is 2.67. The van der Waals surface area contributed by atoms with Gasteiger partial charge in [0, 0.05) is 11.8 Å². The van der Waals surface area contributed by atoms with Crippen molar-refractivity contribution in [1.82, 2.24) is 0 Å². The lowest BCUT2D eigenvalue weighted by Gasteiger charge is -2.35. The summed E-state index contributed by atoms with van der Waals surface area (Å²) in [5.74, 6) is 2.84. The van der Waals surface area contributed by atoms with Crippen LogP contribution in [0.2, 0.25) is 0 Å². The number of hydrogen-bond acceptors (Lipinski definition) is 1. The molecule has 16 heavy (non-hydrogen) atoms. The van der Waals surface area contributed by atoms with E-state index in [1.807, 2.05) is 0 Å². The molecule has 1 nitrogen and oxygen atoms in total. The summed E-state index contributed by atoms with van der Waals surface area (Å²) >= 11 is 0. The van der Waals surface area contributed by atoms with Crippen molar-refractivity contribution in [1.29, 1.82) is 0 Å². The molecule has 0 bridgehead atoms. The number of carbonyl (C=O) groups is 1. The Labute approximate surface area is 99.0 Å². The highest BCUT2D eigenvalue weighted by molar-refractivity contribution is 5.87. The number of ketones is 1. The molecule has 0 aromatic rings. The fourth-order valence-electron chi connectivity index (χ4n) is 5.60. The molecule has 1 heteroatoms. The zero-order valence-electron chi connectivity index (χ0n) is 11.0. The third kappa shape index (κ3) is 1.05. The van der Waals surface area contributed by atoms with Crippen molar-refractivity contribution < 1.29 is 4.79 Å². The van der Waals surface area contributed by atoms with E-state index in [1.54, 1.807) is 0 Å². The van der Waals surface area contributed by atoms with Gasteiger partial charge in [0.2, 0.25) is 0 Å². The Bertz CT molecular complexity index is 343. The Morgan fingerprint density at radius 2 is 1.88 bits per heavy atom. The van der Waals surface area contributed by atoms with Crippen molar-refractivity contribution in [3.8, 4) is 0 Å². The summed E-state index contributed by atoms with van der Waals surface area (Å²) < 4.78 is 0. The van der Waals surface area contributed by atoms with Crippen LogP contribution < -0.4 is 0 Å². The Kier molecular flexibility index (Phi) is 1.97. The van der Waals surface area contributed by atoms with E-state index in [9.17, 15) is 4.79 Å². The molecular formula is C15H24O. The van der Waals surface area contributed by atoms with Crippen LogP contribution in [0.15, 0.2) is 0 Å². The second-order valence-electron chi connectivity index (χ2n) is 7.49. The van der Waals surface area contributed by atoms with E-state index in [1.165, 1.54) is 19.3 Å². The first-order valence-corrected chi connectivity index (χ1v) is 6.92. The second kappa shape index (κ2) is 2.91. The lowest BCUT2D eigenvalue weighted by molar-refractivity contribution is -0.125. The van der Waals surface area contributed by atoms with Crippen LogP contribution >= 0.6 is 0 Å². The summed E-state index contributed by atoms with van der Waals surface area (Å²) in [6, 6.07) is 0. The van der Waals surface area contributed by atoms with Gasteiger partial charge >= 0.3 is 0 Å². The Morgan fingerprint density at radius 3 is 2.56 bits per heavy atom. The summed E-state index contributed by atoms with van der Waals surface area (Å²) in [6.07, 6.45) is 5.11. The molecule has 1 spiro atoms. The molecule has 90 valence electrons. The molecule has 3 fully saturated rings. The molecule has 0 saturated heterocycles. The maximum atomic E-state index is 12.4. The van der Waals surface area contributed by atoms with E-state index >= 15 is 0 Å². The van der Waals surface area contributed by atoms with Gasteiger partial charge in [-0.05, 0) is 48.3 Å².